The molecule has 1 aliphatic heterocycles. The zero-order valence-corrected chi connectivity index (χ0v) is 12.2. The molecule has 0 aromatic carbocycles. The smallest absolute Gasteiger partial charge is 0.0220 e. The van der Waals surface area contributed by atoms with E-state index >= 15 is 0 Å². The molecule has 2 unspecified atom stereocenters. The van der Waals surface area contributed by atoms with Crippen molar-refractivity contribution in [2.24, 2.45) is 17.6 Å². The molecule has 0 bridgehead atoms. The van der Waals surface area contributed by atoms with Gasteiger partial charge in [-0.05, 0) is 51.4 Å². The van der Waals surface area contributed by atoms with Gasteiger partial charge in [-0.1, -0.05) is 20.8 Å². The van der Waals surface area contributed by atoms with E-state index in [0.29, 0.717) is 11.8 Å². The average molecular weight is 241 g/mol. The van der Waals surface area contributed by atoms with Crippen molar-refractivity contribution in [1.82, 2.24) is 9.80 Å². The molecule has 2 N–H and O–H groups in total. The van der Waals surface area contributed by atoms with Crippen molar-refractivity contribution in [3.63, 3.8) is 0 Å². The summed E-state index contributed by atoms with van der Waals surface area (Å²) < 4.78 is 0. The molecule has 0 aliphatic carbocycles. The van der Waals surface area contributed by atoms with Crippen LogP contribution in [0.1, 0.15) is 33.6 Å². The van der Waals surface area contributed by atoms with E-state index in [0.717, 1.165) is 12.6 Å². The monoisotopic (exact) mass is 241 g/mol. The van der Waals surface area contributed by atoms with Gasteiger partial charge < -0.3 is 10.6 Å². The van der Waals surface area contributed by atoms with Crippen molar-refractivity contribution in [3.8, 4) is 0 Å². The zero-order chi connectivity index (χ0) is 12.8. The molecule has 0 aromatic rings. The molecule has 0 aromatic heterocycles. The molecule has 102 valence electrons. The summed E-state index contributed by atoms with van der Waals surface area (Å²) in [5.41, 5.74) is 5.91. The second-order valence-electron chi connectivity index (χ2n) is 5.91. The van der Waals surface area contributed by atoms with Crippen LogP contribution >= 0.6 is 0 Å². The Morgan fingerprint density at radius 1 is 1.29 bits per heavy atom. The van der Waals surface area contributed by atoms with E-state index in [1.165, 1.54) is 39.0 Å². The van der Waals surface area contributed by atoms with E-state index in [2.05, 4.69) is 37.6 Å². The highest BCUT2D eigenvalue weighted by atomic mass is 15.2. The first-order valence-electron chi connectivity index (χ1n) is 7.21. The Bertz CT molecular complexity index is 206. The van der Waals surface area contributed by atoms with Gasteiger partial charge in [-0.15, -0.1) is 0 Å². The molecule has 0 radical (unpaired) electrons. The second-order valence-corrected chi connectivity index (χ2v) is 5.91. The highest BCUT2D eigenvalue weighted by Gasteiger charge is 2.24. The minimum Gasteiger partial charge on any atom is -0.330 e. The fourth-order valence-electron chi connectivity index (χ4n) is 2.78. The normalized spacial score (nSPS) is 26.1. The van der Waals surface area contributed by atoms with Gasteiger partial charge >= 0.3 is 0 Å². The maximum absolute atomic E-state index is 5.91. The lowest BCUT2D eigenvalue weighted by Crippen LogP contribution is -2.44. The van der Waals surface area contributed by atoms with Gasteiger partial charge in [0.25, 0.3) is 0 Å². The molecule has 0 amide bonds. The Morgan fingerprint density at radius 3 is 2.53 bits per heavy atom. The van der Waals surface area contributed by atoms with E-state index in [1.54, 1.807) is 0 Å². The topological polar surface area (TPSA) is 32.5 Å². The van der Waals surface area contributed by atoms with Gasteiger partial charge in [0.05, 0.1) is 0 Å². The molecule has 1 aliphatic rings. The fraction of sp³-hybridized carbons (Fsp3) is 1.00. The molecule has 3 nitrogen and oxygen atoms in total. The Morgan fingerprint density at radius 2 is 2.00 bits per heavy atom. The highest BCUT2D eigenvalue weighted by molar-refractivity contribution is 4.80. The molecular formula is C14H31N3. The van der Waals surface area contributed by atoms with Crippen LogP contribution in [0.5, 0.6) is 0 Å². The first kappa shape index (κ1) is 14.9. The Kier molecular flexibility index (Phi) is 6.45. The molecule has 1 saturated heterocycles. The van der Waals surface area contributed by atoms with Crippen LogP contribution in [0.3, 0.4) is 0 Å². The van der Waals surface area contributed by atoms with Crippen LogP contribution in [0.4, 0.5) is 0 Å². The molecule has 1 rings (SSSR count). The van der Waals surface area contributed by atoms with Crippen LogP contribution in [-0.4, -0.2) is 55.6 Å². The van der Waals surface area contributed by atoms with Gasteiger partial charge in [0.2, 0.25) is 0 Å². The van der Waals surface area contributed by atoms with E-state index in [1.807, 2.05) is 0 Å². The van der Waals surface area contributed by atoms with E-state index < -0.39 is 0 Å². The third kappa shape index (κ3) is 4.57. The lowest BCUT2D eigenvalue weighted by atomic mass is 9.94. The summed E-state index contributed by atoms with van der Waals surface area (Å²) in [6.07, 6.45) is 2.54. The molecule has 2 atom stereocenters. The van der Waals surface area contributed by atoms with Gasteiger partial charge in [0, 0.05) is 19.1 Å². The molecular weight excluding hydrogens is 210 g/mol. The van der Waals surface area contributed by atoms with Crippen LogP contribution in [-0.2, 0) is 0 Å². The van der Waals surface area contributed by atoms with Crippen LogP contribution in [0, 0.1) is 11.8 Å². The first-order valence-corrected chi connectivity index (χ1v) is 7.21. The van der Waals surface area contributed by atoms with Crippen LogP contribution in [0.15, 0.2) is 0 Å². The molecule has 1 heterocycles. The van der Waals surface area contributed by atoms with Gasteiger partial charge in [-0.3, -0.25) is 4.90 Å². The lowest BCUT2D eigenvalue weighted by molar-refractivity contribution is 0.144. The minimum atomic E-state index is 0.646. The van der Waals surface area contributed by atoms with Crippen molar-refractivity contribution in [3.05, 3.63) is 0 Å². The van der Waals surface area contributed by atoms with Gasteiger partial charge in [0.1, 0.15) is 0 Å². The van der Waals surface area contributed by atoms with Crippen LogP contribution in [0.2, 0.25) is 0 Å². The third-order valence-corrected chi connectivity index (χ3v) is 4.21. The Balaban J connectivity index is 2.59. The van der Waals surface area contributed by atoms with Crippen LogP contribution in [0.25, 0.3) is 0 Å². The SMILES string of the molecule is CCC1CN(C)CCCN1CC(CN)C(C)C. The maximum Gasteiger partial charge on any atom is 0.0220 e. The molecule has 1 fully saturated rings. The van der Waals surface area contributed by atoms with Gasteiger partial charge in [-0.2, -0.15) is 0 Å². The van der Waals surface area contributed by atoms with E-state index in [-0.39, 0.29) is 0 Å². The molecule has 0 spiro atoms. The number of nitrogens with zero attached hydrogens (tertiary/aromatic N) is 2. The average Bonchev–Trinajstić information content (AvgIpc) is 2.47. The summed E-state index contributed by atoms with van der Waals surface area (Å²) in [5, 5.41) is 0. The van der Waals surface area contributed by atoms with Crippen molar-refractivity contribution >= 4 is 0 Å². The standard InChI is InChI=1S/C14H31N3/c1-5-14-11-16(4)7-6-8-17(14)10-13(9-15)12(2)3/h12-14H,5-11,15H2,1-4H3. The van der Waals surface area contributed by atoms with E-state index in [9.17, 15) is 0 Å². The Hall–Kier alpha value is -0.120. The predicted molar refractivity (Wildman–Crippen MR) is 75.1 cm³/mol. The predicted octanol–water partition coefficient (Wildman–Crippen LogP) is 1.63. The largest absolute Gasteiger partial charge is 0.330 e. The zero-order valence-electron chi connectivity index (χ0n) is 12.2. The summed E-state index contributed by atoms with van der Waals surface area (Å²) in [7, 11) is 2.25. The summed E-state index contributed by atoms with van der Waals surface area (Å²) >= 11 is 0. The number of likely N-dealkylation sites (N-methyl/N-ethyl adjacent to an activating group) is 1. The lowest BCUT2D eigenvalue weighted by Gasteiger charge is -2.34. The minimum absolute atomic E-state index is 0.646. The van der Waals surface area contributed by atoms with Gasteiger partial charge in [0.15, 0.2) is 0 Å². The quantitative estimate of drug-likeness (QED) is 0.794. The number of nitrogens with two attached hydrogens (primary N) is 1. The molecule has 3 heteroatoms. The summed E-state index contributed by atoms with van der Waals surface area (Å²) in [5.74, 6) is 1.34. The maximum atomic E-state index is 5.91. The highest BCUT2D eigenvalue weighted by Crippen LogP contribution is 2.17. The number of hydrogen-bond acceptors (Lipinski definition) is 3. The molecule has 0 saturated carbocycles. The summed E-state index contributed by atoms with van der Waals surface area (Å²) in [6, 6.07) is 0.718. The van der Waals surface area contributed by atoms with Crippen molar-refractivity contribution in [1.29, 1.82) is 0 Å². The Labute approximate surface area is 107 Å². The number of hydrogen-bond donors (Lipinski definition) is 1. The third-order valence-electron chi connectivity index (χ3n) is 4.21. The van der Waals surface area contributed by atoms with Crippen molar-refractivity contribution < 1.29 is 0 Å². The molecule has 17 heavy (non-hydrogen) atoms. The van der Waals surface area contributed by atoms with Crippen LogP contribution < -0.4 is 5.73 Å². The first-order chi connectivity index (χ1) is 8.08. The van der Waals surface area contributed by atoms with E-state index in [4.69, 9.17) is 5.73 Å². The summed E-state index contributed by atoms with van der Waals surface area (Å²) in [4.78, 5) is 5.15. The second kappa shape index (κ2) is 7.34. The number of rotatable bonds is 5. The van der Waals surface area contributed by atoms with Gasteiger partial charge in [-0.25, -0.2) is 0 Å². The van der Waals surface area contributed by atoms with Crippen molar-refractivity contribution in [2.75, 3.05) is 39.8 Å². The fourth-order valence-corrected chi connectivity index (χ4v) is 2.78. The van der Waals surface area contributed by atoms with Crippen molar-refractivity contribution in [2.45, 2.75) is 39.7 Å². The summed E-state index contributed by atoms with van der Waals surface area (Å²) in [6.45, 7) is 12.6.